The minimum absolute atomic E-state index is 0.185. The number of nitrogens with two attached hydrogens (primary N) is 1. The monoisotopic (exact) mass is 181 g/mol. The smallest absolute Gasteiger partial charge is 0.259 e. The van der Waals surface area contributed by atoms with Crippen molar-refractivity contribution in [2.45, 2.75) is 6.92 Å². The first-order valence-corrected chi connectivity index (χ1v) is 3.70. The first kappa shape index (κ1) is 7.71. The van der Waals surface area contributed by atoms with Crippen molar-refractivity contribution in [2.24, 2.45) is 0 Å². The van der Waals surface area contributed by atoms with Crippen LogP contribution in [0.15, 0.2) is 4.63 Å². The summed E-state index contributed by atoms with van der Waals surface area (Å²) in [6.07, 6.45) is 0. The molecule has 0 saturated carbocycles. The fraction of sp³-hybridized carbons (Fsp3) is 0.333. The maximum Gasteiger partial charge on any atom is 0.259 e. The molecule has 2 aromatic rings. The summed E-state index contributed by atoms with van der Waals surface area (Å²) in [6, 6.07) is 0. The van der Waals surface area contributed by atoms with Crippen molar-refractivity contribution in [3.05, 3.63) is 0 Å². The van der Waals surface area contributed by atoms with Crippen LogP contribution in [0.5, 0.6) is 5.88 Å². The topological polar surface area (TPSA) is 100.0 Å². The largest absolute Gasteiger partial charge is 0.475 e. The number of anilines is 1. The molecule has 0 aliphatic heterocycles. The van der Waals surface area contributed by atoms with E-state index in [1.165, 1.54) is 0 Å². The van der Waals surface area contributed by atoms with E-state index in [2.05, 4.69) is 24.9 Å². The molecule has 0 bridgehead atoms. The van der Waals surface area contributed by atoms with Gasteiger partial charge < -0.3 is 10.5 Å². The number of nitrogen functional groups attached to an aromatic ring is 1. The Bertz CT molecular complexity index is 426. The van der Waals surface area contributed by atoms with E-state index in [1.54, 1.807) is 0 Å². The van der Waals surface area contributed by atoms with Crippen molar-refractivity contribution in [1.29, 1.82) is 0 Å². The third-order valence-electron chi connectivity index (χ3n) is 1.39. The Morgan fingerprint density at radius 3 is 2.69 bits per heavy atom. The van der Waals surface area contributed by atoms with E-state index in [0.29, 0.717) is 6.61 Å². The van der Waals surface area contributed by atoms with Gasteiger partial charge in [-0.1, -0.05) is 0 Å². The zero-order chi connectivity index (χ0) is 9.26. The van der Waals surface area contributed by atoms with Gasteiger partial charge in [-0.25, -0.2) is 4.63 Å². The van der Waals surface area contributed by atoms with Crippen molar-refractivity contribution in [3.63, 3.8) is 0 Å². The van der Waals surface area contributed by atoms with E-state index in [-0.39, 0.29) is 23.0 Å². The molecule has 68 valence electrons. The van der Waals surface area contributed by atoms with E-state index < -0.39 is 0 Å². The highest BCUT2D eigenvalue weighted by atomic mass is 16.6. The fourth-order valence-corrected chi connectivity index (χ4v) is 0.879. The summed E-state index contributed by atoms with van der Waals surface area (Å²) in [5, 5.41) is 6.99. The molecule has 7 nitrogen and oxygen atoms in total. The second kappa shape index (κ2) is 2.85. The third kappa shape index (κ3) is 1.24. The molecule has 2 heterocycles. The Morgan fingerprint density at radius 1 is 1.31 bits per heavy atom. The van der Waals surface area contributed by atoms with Crippen LogP contribution in [0.1, 0.15) is 6.92 Å². The van der Waals surface area contributed by atoms with Crippen molar-refractivity contribution < 1.29 is 9.37 Å². The zero-order valence-electron chi connectivity index (χ0n) is 6.89. The number of hydrogen-bond donors (Lipinski definition) is 1. The Labute approximate surface area is 72.9 Å². The number of ether oxygens (including phenoxy) is 1. The van der Waals surface area contributed by atoms with Crippen LogP contribution in [0.3, 0.4) is 0 Å². The number of aromatic nitrogens is 4. The van der Waals surface area contributed by atoms with Crippen LogP contribution in [0.2, 0.25) is 0 Å². The minimum Gasteiger partial charge on any atom is -0.475 e. The number of hydrogen-bond acceptors (Lipinski definition) is 7. The molecule has 0 atom stereocenters. The quantitative estimate of drug-likeness (QED) is 0.695. The molecule has 0 unspecified atom stereocenters. The predicted octanol–water partition coefficient (Wildman–Crippen LogP) is -0.00630. The second-order valence-corrected chi connectivity index (χ2v) is 2.26. The first-order chi connectivity index (χ1) is 6.31. The van der Waals surface area contributed by atoms with Crippen LogP contribution < -0.4 is 10.5 Å². The molecule has 0 fully saturated rings. The minimum atomic E-state index is 0.185. The van der Waals surface area contributed by atoms with Crippen molar-refractivity contribution in [2.75, 3.05) is 12.3 Å². The van der Waals surface area contributed by atoms with Gasteiger partial charge in [0.05, 0.1) is 6.61 Å². The van der Waals surface area contributed by atoms with Crippen LogP contribution in [-0.4, -0.2) is 26.9 Å². The molecule has 7 heteroatoms. The lowest BCUT2D eigenvalue weighted by atomic mass is 10.6. The molecule has 0 saturated heterocycles. The van der Waals surface area contributed by atoms with Crippen LogP contribution in [-0.2, 0) is 0 Å². The summed E-state index contributed by atoms with van der Waals surface area (Å²) < 4.78 is 9.52. The van der Waals surface area contributed by atoms with E-state index in [4.69, 9.17) is 10.5 Å². The molecule has 13 heavy (non-hydrogen) atoms. The van der Waals surface area contributed by atoms with Gasteiger partial charge in [0, 0.05) is 0 Å². The van der Waals surface area contributed by atoms with E-state index in [9.17, 15) is 0 Å². The summed E-state index contributed by atoms with van der Waals surface area (Å²) in [7, 11) is 0. The number of nitrogens with zero attached hydrogens (tertiary/aromatic N) is 4. The van der Waals surface area contributed by atoms with Crippen molar-refractivity contribution in [1.82, 2.24) is 20.3 Å². The van der Waals surface area contributed by atoms with Gasteiger partial charge in [-0.3, -0.25) is 0 Å². The van der Waals surface area contributed by atoms with Gasteiger partial charge in [-0.15, -0.1) is 0 Å². The normalized spacial score (nSPS) is 10.5. The Kier molecular flexibility index (Phi) is 1.69. The number of rotatable bonds is 2. The molecular weight excluding hydrogens is 174 g/mol. The van der Waals surface area contributed by atoms with Gasteiger partial charge in [0.1, 0.15) is 0 Å². The molecule has 2 rings (SSSR count). The molecule has 2 aromatic heterocycles. The molecule has 0 amide bonds. The third-order valence-corrected chi connectivity index (χ3v) is 1.39. The second-order valence-electron chi connectivity index (χ2n) is 2.26. The van der Waals surface area contributed by atoms with Gasteiger partial charge in [0.15, 0.2) is 5.82 Å². The molecular formula is C6H7N5O2. The van der Waals surface area contributed by atoms with Gasteiger partial charge in [0.25, 0.3) is 5.88 Å². The molecule has 0 aliphatic carbocycles. The Balaban J connectivity index is 2.56. The van der Waals surface area contributed by atoms with Crippen LogP contribution >= 0.6 is 0 Å². The summed E-state index contributed by atoms with van der Waals surface area (Å²) in [5.41, 5.74) is 6.09. The maximum atomic E-state index is 5.52. The molecule has 0 radical (unpaired) electrons. The van der Waals surface area contributed by atoms with Gasteiger partial charge >= 0.3 is 0 Å². The van der Waals surface area contributed by atoms with E-state index in [0.717, 1.165) is 0 Å². The Morgan fingerprint density at radius 2 is 2.00 bits per heavy atom. The first-order valence-electron chi connectivity index (χ1n) is 3.70. The highest BCUT2D eigenvalue weighted by Gasteiger charge is 2.10. The summed E-state index contributed by atoms with van der Waals surface area (Å²) in [5.74, 6) is 0.441. The SMILES string of the molecule is CCOc1nc2nonc2nc1N. The lowest BCUT2D eigenvalue weighted by Gasteiger charge is -2.01. The van der Waals surface area contributed by atoms with Gasteiger partial charge in [-0.2, -0.15) is 9.97 Å². The maximum absolute atomic E-state index is 5.52. The van der Waals surface area contributed by atoms with Gasteiger partial charge in [0.2, 0.25) is 11.3 Å². The van der Waals surface area contributed by atoms with E-state index >= 15 is 0 Å². The fourth-order valence-electron chi connectivity index (χ4n) is 0.879. The van der Waals surface area contributed by atoms with Crippen molar-refractivity contribution >= 4 is 17.1 Å². The molecule has 0 aromatic carbocycles. The average Bonchev–Trinajstić information content (AvgIpc) is 2.52. The average molecular weight is 181 g/mol. The zero-order valence-corrected chi connectivity index (χ0v) is 6.89. The Hall–Kier alpha value is -1.92. The predicted molar refractivity (Wildman–Crippen MR) is 43.0 cm³/mol. The molecule has 0 spiro atoms. The van der Waals surface area contributed by atoms with Crippen LogP contribution in [0.4, 0.5) is 5.82 Å². The van der Waals surface area contributed by atoms with Crippen LogP contribution in [0.25, 0.3) is 11.3 Å². The molecule has 2 N–H and O–H groups in total. The number of fused-ring (bicyclic) bond motifs is 1. The summed E-state index contributed by atoms with van der Waals surface area (Å²) in [4.78, 5) is 7.82. The lowest BCUT2D eigenvalue weighted by Crippen LogP contribution is -2.02. The lowest BCUT2D eigenvalue weighted by molar-refractivity contribution is 0.312. The van der Waals surface area contributed by atoms with Crippen LogP contribution in [0, 0.1) is 0 Å². The highest BCUT2D eigenvalue weighted by Crippen LogP contribution is 2.17. The summed E-state index contributed by atoms with van der Waals surface area (Å²) in [6.45, 7) is 2.29. The highest BCUT2D eigenvalue weighted by molar-refractivity contribution is 5.67. The summed E-state index contributed by atoms with van der Waals surface area (Å²) >= 11 is 0. The van der Waals surface area contributed by atoms with Gasteiger partial charge in [-0.05, 0) is 17.2 Å². The van der Waals surface area contributed by atoms with Crippen molar-refractivity contribution in [3.8, 4) is 5.88 Å². The standard InChI is InChI=1S/C6H7N5O2/c1-2-12-6-3(7)8-4-5(9-6)11-13-10-4/h2H2,1H3,(H2,7,8,10). The van der Waals surface area contributed by atoms with E-state index in [1.807, 2.05) is 6.92 Å². The molecule has 0 aliphatic rings.